The zero-order valence-corrected chi connectivity index (χ0v) is 20.5. The Labute approximate surface area is 211 Å². The second-order valence-corrected chi connectivity index (χ2v) is 10.7. The van der Waals surface area contributed by atoms with Gasteiger partial charge in [0.25, 0.3) is 0 Å². The molecular formula is C29H34N6O+2. The first-order chi connectivity index (χ1) is 17.7. The van der Waals surface area contributed by atoms with Crippen molar-refractivity contribution in [1.82, 2.24) is 14.9 Å². The summed E-state index contributed by atoms with van der Waals surface area (Å²) in [7, 11) is 0. The van der Waals surface area contributed by atoms with Crippen molar-refractivity contribution in [3.63, 3.8) is 0 Å². The van der Waals surface area contributed by atoms with Gasteiger partial charge in [0, 0.05) is 31.4 Å². The first kappa shape index (κ1) is 21.8. The molecule has 2 aromatic carbocycles. The van der Waals surface area contributed by atoms with Crippen LogP contribution >= 0.6 is 0 Å². The smallest absolute Gasteiger partial charge is 0.239 e. The molecule has 184 valence electrons. The molecule has 7 nitrogen and oxygen atoms in total. The van der Waals surface area contributed by atoms with Crippen LogP contribution in [0.3, 0.4) is 0 Å². The number of nitrogens with two attached hydrogens (primary N) is 1. The topological polar surface area (TPSA) is 83.7 Å². The van der Waals surface area contributed by atoms with Crippen molar-refractivity contribution in [2.45, 2.75) is 56.3 Å². The lowest BCUT2D eigenvalue weighted by molar-refractivity contribution is -0.940. The van der Waals surface area contributed by atoms with E-state index in [1.807, 2.05) is 47.4 Å². The zero-order valence-electron chi connectivity index (χ0n) is 20.5. The highest BCUT2D eigenvalue weighted by Gasteiger charge is 2.46. The van der Waals surface area contributed by atoms with Crippen molar-refractivity contribution in [2.75, 3.05) is 18.8 Å². The molecule has 7 rings (SSSR count). The number of rotatable bonds is 5. The summed E-state index contributed by atoms with van der Waals surface area (Å²) in [5.41, 5.74) is 9.74. The van der Waals surface area contributed by atoms with Gasteiger partial charge in [0.15, 0.2) is 0 Å². The van der Waals surface area contributed by atoms with Crippen LogP contribution in [-0.4, -0.2) is 40.8 Å². The maximum absolute atomic E-state index is 6.43. The van der Waals surface area contributed by atoms with Gasteiger partial charge in [-0.3, -0.25) is 4.57 Å². The molecule has 2 aliphatic heterocycles. The van der Waals surface area contributed by atoms with E-state index < -0.39 is 0 Å². The first-order valence-electron chi connectivity index (χ1n) is 13.3. The molecule has 4 aromatic rings. The molecule has 1 unspecified atom stereocenters. The number of benzene rings is 2. The molecule has 0 amide bonds. The number of hydrogen-bond donors (Lipinski definition) is 3. The molecule has 1 aliphatic carbocycles. The predicted molar refractivity (Wildman–Crippen MR) is 140 cm³/mol. The van der Waals surface area contributed by atoms with E-state index in [4.69, 9.17) is 10.5 Å². The average molecular weight is 483 g/mol. The summed E-state index contributed by atoms with van der Waals surface area (Å²) < 4.78 is 8.43. The summed E-state index contributed by atoms with van der Waals surface area (Å²) in [6, 6.07) is 21.0. The summed E-state index contributed by atoms with van der Waals surface area (Å²) in [6.45, 7) is 2.53. The van der Waals surface area contributed by atoms with E-state index in [0.717, 1.165) is 51.8 Å². The van der Waals surface area contributed by atoms with Gasteiger partial charge in [-0.25, -0.2) is 4.98 Å². The van der Waals surface area contributed by atoms with Crippen molar-refractivity contribution in [3.8, 4) is 22.6 Å². The molecular weight excluding hydrogens is 448 g/mol. The number of aromatic amines is 1. The molecule has 3 atom stereocenters. The molecule has 5 N–H and O–H groups in total. The fourth-order valence-electron chi connectivity index (χ4n) is 6.93. The Morgan fingerprint density at radius 1 is 0.972 bits per heavy atom. The minimum Gasteiger partial charge on any atom is -0.457 e. The molecule has 2 bridgehead atoms. The quantitative estimate of drug-likeness (QED) is 0.408. The van der Waals surface area contributed by atoms with Gasteiger partial charge in [-0.05, 0) is 42.7 Å². The maximum atomic E-state index is 6.43. The Hall–Kier alpha value is -3.42. The Bertz CT molecular complexity index is 1360. The molecule has 2 saturated heterocycles. The van der Waals surface area contributed by atoms with E-state index in [-0.39, 0.29) is 0 Å². The van der Waals surface area contributed by atoms with Crippen LogP contribution in [-0.2, 0) is 0 Å². The standard InChI is InChI=1S/C29H32N6O/c30-28-27-26(19-6-12-25(13-7-19)36-24-4-2-1-3-5-24)17-35(29(27)33-18-32-28)22-10-8-21(9-11-22)34-16-20-14-23(34)15-31-20/h1-7,12-13,17-18,20-23,31H,8-11,14-16H2,(H2,30,32,33)/p+2/t20-,21?,22?,23-/m1/s1. The fourth-order valence-corrected chi connectivity index (χ4v) is 6.93. The Morgan fingerprint density at radius 3 is 2.47 bits per heavy atom. The van der Waals surface area contributed by atoms with Crippen LogP contribution in [0.4, 0.5) is 5.82 Å². The van der Waals surface area contributed by atoms with Gasteiger partial charge in [0.2, 0.25) is 17.8 Å². The Morgan fingerprint density at radius 2 is 1.75 bits per heavy atom. The number of hydrogen-bond acceptors (Lipinski definition) is 4. The number of aromatic nitrogens is 3. The third kappa shape index (κ3) is 3.83. The van der Waals surface area contributed by atoms with Crippen LogP contribution in [0, 0.1) is 0 Å². The molecule has 4 heterocycles. The fraction of sp³-hybridized carbons (Fsp3) is 0.379. The third-order valence-electron chi connectivity index (χ3n) is 8.68. The Balaban J connectivity index is 1.14. The Kier molecular flexibility index (Phi) is 5.40. The molecule has 7 heteroatoms. The lowest BCUT2D eigenvalue weighted by atomic mass is 9.89. The van der Waals surface area contributed by atoms with Crippen molar-refractivity contribution < 1.29 is 14.6 Å². The second kappa shape index (κ2) is 8.91. The van der Waals surface area contributed by atoms with Crippen LogP contribution < -0.4 is 25.7 Å². The largest absolute Gasteiger partial charge is 0.457 e. The highest BCUT2D eigenvalue weighted by Crippen LogP contribution is 2.38. The molecule has 0 radical (unpaired) electrons. The average Bonchev–Trinajstić information content (AvgIpc) is 3.65. The molecule has 2 aromatic heterocycles. The van der Waals surface area contributed by atoms with Crippen molar-refractivity contribution in [3.05, 3.63) is 67.1 Å². The number of fused-ring (bicyclic) bond motifs is 3. The van der Waals surface area contributed by atoms with Crippen molar-refractivity contribution in [2.24, 2.45) is 0 Å². The minimum absolute atomic E-state index is 0.480. The van der Waals surface area contributed by atoms with Crippen molar-refractivity contribution >= 4 is 16.9 Å². The van der Waals surface area contributed by atoms with Gasteiger partial charge in [-0.2, -0.15) is 0 Å². The summed E-state index contributed by atoms with van der Waals surface area (Å²) in [4.78, 5) is 9.67. The lowest BCUT2D eigenvalue weighted by Gasteiger charge is -2.36. The molecule has 0 spiro atoms. The van der Waals surface area contributed by atoms with Gasteiger partial charge in [0.05, 0.1) is 30.9 Å². The summed E-state index contributed by atoms with van der Waals surface area (Å²) in [5, 5.41) is 4.67. The number of nitrogens with one attached hydrogen (secondary N) is 3. The summed E-state index contributed by atoms with van der Waals surface area (Å²) in [6.07, 6.45) is 10.4. The minimum atomic E-state index is 0.480. The predicted octanol–water partition coefficient (Wildman–Crippen LogP) is 3.00. The molecule has 1 saturated carbocycles. The number of nitrogens with zero attached hydrogens (tertiary/aromatic N) is 2. The van der Waals surface area contributed by atoms with Gasteiger partial charge in [0.1, 0.15) is 22.9 Å². The monoisotopic (exact) mass is 482 g/mol. The number of anilines is 1. The third-order valence-corrected chi connectivity index (χ3v) is 8.68. The van der Waals surface area contributed by atoms with Crippen LogP contribution in [0.25, 0.3) is 22.2 Å². The lowest BCUT2D eigenvalue weighted by Crippen LogP contribution is -3.19. The van der Waals surface area contributed by atoms with E-state index >= 15 is 0 Å². The number of H-pyrrole nitrogens is 1. The number of likely N-dealkylation sites (tertiary alicyclic amines) is 1. The van der Waals surface area contributed by atoms with Gasteiger partial charge < -0.3 is 20.7 Å². The maximum Gasteiger partial charge on any atom is 0.239 e. The van der Waals surface area contributed by atoms with Crippen LogP contribution in [0.2, 0.25) is 0 Å². The number of nitrogen functional groups attached to an aromatic ring is 1. The number of piperazine rings is 1. The summed E-state index contributed by atoms with van der Waals surface area (Å²) in [5.74, 6) is 2.22. The molecule has 3 fully saturated rings. The number of para-hydroxylation sites is 1. The number of ether oxygens (including phenoxy) is 1. The van der Waals surface area contributed by atoms with E-state index in [1.165, 1.54) is 45.2 Å². The van der Waals surface area contributed by atoms with Gasteiger partial charge in [-0.1, -0.05) is 35.3 Å². The normalized spacial score (nSPS) is 27.5. The van der Waals surface area contributed by atoms with E-state index in [9.17, 15) is 0 Å². The van der Waals surface area contributed by atoms with E-state index in [0.29, 0.717) is 11.9 Å². The van der Waals surface area contributed by atoms with E-state index in [1.54, 1.807) is 6.33 Å². The van der Waals surface area contributed by atoms with Crippen LogP contribution in [0.5, 0.6) is 11.5 Å². The van der Waals surface area contributed by atoms with Gasteiger partial charge >= 0.3 is 0 Å². The van der Waals surface area contributed by atoms with Crippen molar-refractivity contribution in [1.29, 1.82) is 0 Å². The molecule has 36 heavy (non-hydrogen) atoms. The highest BCUT2D eigenvalue weighted by molar-refractivity contribution is 5.99. The molecule has 3 aliphatic rings. The first-order valence-corrected chi connectivity index (χ1v) is 13.3. The SMILES string of the molecule is Nc1nc[nH+]c2c1c(-c1ccc(Oc3ccccc3)cc1)cn2C1CCC([NH+]2C[C@H]3C[C@@H]2CN3)CC1. The van der Waals surface area contributed by atoms with Gasteiger partial charge in [-0.15, -0.1) is 0 Å². The van der Waals surface area contributed by atoms with E-state index in [2.05, 4.69) is 38.2 Å². The zero-order chi connectivity index (χ0) is 24.1. The summed E-state index contributed by atoms with van der Waals surface area (Å²) >= 11 is 0. The second-order valence-electron chi connectivity index (χ2n) is 10.7. The van der Waals surface area contributed by atoms with Crippen LogP contribution in [0.15, 0.2) is 67.1 Å². The highest BCUT2D eigenvalue weighted by atomic mass is 16.5. The number of quaternary nitrogens is 1. The van der Waals surface area contributed by atoms with Crippen LogP contribution in [0.1, 0.15) is 38.1 Å².